The fourth-order valence-electron chi connectivity index (χ4n) is 2.35. The van der Waals surface area contributed by atoms with Gasteiger partial charge in [0.15, 0.2) is 0 Å². The van der Waals surface area contributed by atoms with Crippen molar-refractivity contribution in [2.24, 2.45) is 0 Å². The van der Waals surface area contributed by atoms with Crippen LogP contribution < -0.4 is 9.64 Å². The van der Waals surface area contributed by atoms with E-state index in [1.54, 1.807) is 17.0 Å². The van der Waals surface area contributed by atoms with Gasteiger partial charge in [0.05, 0.1) is 5.69 Å². The van der Waals surface area contributed by atoms with Crippen LogP contribution in [-0.4, -0.2) is 5.91 Å². The van der Waals surface area contributed by atoms with Gasteiger partial charge < -0.3 is 4.74 Å². The Balaban J connectivity index is 1.92. The van der Waals surface area contributed by atoms with Gasteiger partial charge >= 0.3 is 0 Å². The molecule has 0 aliphatic rings. The summed E-state index contributed by atoms with van der Waals surface area (Å²) in [4.78, 5) is 13.7. The molecule has 3 heteroatoms. The summed E-state index contributed by atoms with van der Waals surface area (Å²) in [5, 5.41) is 0. The van der Waals surface area contributed by atoms with Gasteiger partial charge in [0.2, 0.25) is 5.91 Å². The Morgan fingerprint density at radius 1 is 0.913 bits per heavy atom. The molecule has 1 amide bonds. The van der Waals surface area contributed by atoms with Crippen molar-refractivity contribution in [1.29, 1.82) is 0 Å². The van der Waals surface area contributed by atoms with E-state index in [0.717, 1.165) is 17.1 Å². The second kappa shape index (κ2) is 6.79. The first kappa shape index (κ1) is 14.9. The maximum Gasteiger partial charge on any atom is 0.228 e. The fraction of sp³-hybridized carbons (Fsp3) is 0.0500. The Morgan fingerprint density at radius 2 is 1.65 bits per heavy atom. The Bertz CT molecular complexity index is 785. The number of carbonyl (C=O) groups excluding carboxylic acids is 1. The Hall–Kier alpha value is -3.07. The fourth-order valence-corrected chi connectivity index (χ4v) is 2.35. The number of hydrogen-bond donors (Lipinski definition) is 0. The van der Waals surface area contributed by atoms with E-state index in [1.807, 2.05) is 66.7 Å². The van der Waals surface area contributed by atoms with Gasteiger partial charge in [-0.25, -0.2) is 0 Å². The molecule has 0 fully saturated rings. The van der Waals surface area contributed by atoms with Crippen molar-refractivity contribution in [3.63, 3.8) is 0 Å². The summed E-state index contributed by atoms with van der Waals surface area (Å²) in [7, 11) is 0. The minimum absolute atomic E-state index is 0.0681. The molecule has 0 atom stereocenters. The highest BCUT2D eigenvalue weighted by Gasteiger charge is 2.14. The number of para-hydroxylation sites is 1. The molecule has 0 heterocycles. The number of hydrogen-bond acceptors (Lipinski definition) is 2. The number of anilines is 2. The zero-order chi connectivity index (χ0) is 16.1. The Kier molecular flexibility index (Phi) is 4.39. The van der Waals surface area contributed by atoms with Crippen molar-refractivity contribution >= 4 is 17.3 Å². The zero-order valence-electron chi connectivity index (χ0n) is 12.8. The van der Waals surface area contributed by atoms with Gasteiger partial charge in [0.1, 0.15) is 11.5 Å². The zero-order valence-corrected chi connectivity index (χ0v) is 12.8. The van der Waals surface area contributed by atoms with E-state index in [4.69, 9.17) is 4.74 Å². The number of rotatable bonds is 4. The summed E-state index contributed by atoms with van der Waals surface area (Å²) in [5.41, 5.74) is 1.53. The molecule has 0 aromatic heterocycles. The Labute approximate surface area is 135 Å². The van der Waals surface area contributed by atoms with Crippen LogP contribution in [0.3, 0.4) is 0 Å². The number of nitrogens with zero attached hydrogens (tertiary/aromatic N) is 1. The van der Waals surface area contributed by atoms with E-state index in [-0.39, 0.29) is 5.91 Å². The van der Waals surface area contributed by atoms with Crippen LogP contribution in [-0.2, 0) is 4.79 Å². The minimum atomic E-state index is -0.0681. The molecular formula is C20H16NO2. The molecule has 3 aromatic carbocycles. The minimum Gasteiger partial charge on any atom is -0.457 e. The van der Waals surface area contributed by atoms with Crippen molar-refractivity contribution in [3.05, 3.63) is 84.9 Å². The topological polar surface area (TPSA) is 29.5 Å². The predicted octanol–water partition coefficient (Wildman–Crippen LogP) is 4.96. The standard InChI is InChI=1S/C20H16NO2/c1-16(22)21(17-9-4-2-5-10-17)18-11-8-14-20(15-18)23-19-12-6-3-7-13-19/h2-4,6-15H,1H3. The molecule has 1 radical (unpaired) electrons. The lowest BCUT2D eigenvalue weighted by Crippen LogP contribution is -2.22. The summed E-state index contributed by atoms with van der Waals surface area (Å²) in [6, 6.07) is 27.3. The molecule has 0 aliphatic heterocycles. The highest BCUT2D eigenvalue weighted by atomic mass is 16.5. The van der Waals surface area contributed by atoms with Crippen LogP contribution >= 0.6 is 0 Å². The molecule has 3 aromatic rings. The first-order valence-electron chi connectivity index (χ1n) is 7.34. The molecule has 0 aliphatic carbocycles. The van der Waals surface area contributed by atoms with E-state index in [2.05, 4.69) is 6.07 Å². The monoisotopic (exact) mass is 302 g/mol. The second-order valence-electron chi connectivity index (χ2n) is 5.03. The molecule has 0 bridgehead atoms. The lowest BCUT2D eigenvalue weighted by atomic mass is 10.2. The second-order valence-corrected chi connectivity index (χ2v) is 5.03. The summed E-state index contributed by atoms with van der Waals surface area (Å²) in [5.74, 6) is 1.37. The van der Waals surface area contributed by atoms with Gasteiger partial charge in [-0.3, -0.25) is 9.69 Å². The van der Waals surface area contributed by atoms with Gasteiger partial charge in [0.25, 0.3) is 0 Å². The maximum atomic E-state index is 12.1. The quantitative estimate of drug-likeness (QED) is 0.681. The van der Waals surface area contributed by atoms with Gasteiger partial charge in [0, 0.05) is 18.7 Å². The van der Waals surface area contributed by atoms with Gasteiger partial charge in [-0.15, -0.1) is 0 Å². The third-order valence-corrected chi connectivity index (χ3v) is 3.32. The van der Waals surface area contributed by atoms with E-state index >= 15 is 0 Å². The average molecular weight is 302 g/mol. The van der Waals surface area contributed by atoms with E-state index in [0.29, 0.717) is 5.75 Å². The van der Waals surface area contributed by atoms with Crippen molar-refractivity contribution in [2.45, 2.75) is 6.92 Å². The largest absolute Gasteiger partial charge is 0.457 e. The smallest absolute Gasteiger partial charge is 0.228 e. The van der Waals surface area contributed by atoms with Crippen LogP contribution in [0.15, 0.2) is 78.9 Å². The average Bonchev–Trinajstić information content (AvgIpc) is 2.57. The third-order valence-electron chi connectivity index (χ3n) is 3.32. The van der Waals surface area contributed by atoms with Crippen LogP contribution in [0, 0.1) is 6.07 Å². The first-order valence-corrected chi connectivity index (χ1v) is 7.34. The molecule has 0 N–H and O–H groups in total. The lowest BCUT2D eigenvalue weighted by Gasteiger charge is -2.21. The molecule has 113 valence electrons. The van der Waals surface area contributed by atoms with E-state index < -0.39 is 0 Å². The molecule has 3 rings (SSSR count). The normalized spacial score (nSPS) is 10.1. The molecule has 3 nitrogen and oxygen atoms in total. The molecule has 0 saturated carbocycles. The van der Waals surface area contributed by atoms with Crippen molar-refractivity contribution in [3.8, 4) is 11.5 Å². The molecule has 23 heavy (non-hydrogen) atoms. The summed E-state index contributed by atoms with van der Waals surface area (Å²) < 4.78 is 5.84. The third kappa shape index (κ3) is 3.58. The molecule has 0 unspecified atom stereocenters. The predicted molar refractivity (Wildman–Crippen MR) is 91.1 cm³/mol. The van der Waals surface area contributed by atoms with Crippen molar-refractivity contribution in [1.82, 2.24) is 0 Å². The van der Waals surface area contributed by atoms with Gasteiger partial charge in [-0.05, 0) is 42.5 Å². The summed E-state index contributed by atoms with van der Waals surface area (Å²) in [6.45, 7) is 1.54. The number of ether oxygens (including phenoxy) is 1. The van der Waals surface area contributed by atoms with E-state index in [1.165, 1.54) is 6.92 Å². The van der Waals surface area contributed by atoms with Crippen LogP contribution in [0.1, 0.15) is 6.92 Å². The van der Waals surface area contributed by atoms with Crippen molar-refractivity contribution in [2.75, 3.05) is 4.90 Å². The first-order chi connectivity index (χ1) is 11.2. The van der Waals surface area contributed by atoms with E-state index in [9.17, 15) is 4.79 Å². The van der Waals surface area contributed by atoms with Gasteiger partial charge in [-0.1, -0.05) is 36.4 Å². The van der Waals surface area contributed by atoms with Crippen LogP contribution in [0.4, 0.5) is 11.4 Å². The van der Waals surface area contributed by atoms with Crippen LogP contribution in [0.2, 0.25) is 0 Å². The Morgan fingerprint density at radius 3 is 2.35 bits per heavy atom. The molecular weight excluding hydrogens is 286 g/mol. The SMILES string of the molecule is CC(=O)N(c1c[c]ccc1)c1cccc(Oc2ccccc2)c1. The van der Waals surface area contributed by atoms with Crippen molar-refractivity contribution < 1.29 is 9.53 Å². The molecule has 0 saturated heterocycles. The number of amides is 1. The number of benzene rings is 3. The maximum absolute atomic E-state index is 12.1. The van der Waals surface area contributed by atoms with Crippen LogP contribution in [0.5, 0.6) is 11.5 Å². The lowest BCUT2D eigenvalue weighted by molar-refractivity contribution is -0.115. The summed E-state index contributed by atoms with van der Waals surface area (Å²) in [6.07, 6.45) is 0. The van der Waals surface area contributed by atoms with Crippen LogP contribution in [0.25, 0.3) is 0 Å². The molecule has 0 spiro atoms. The number of carbonyl (C=O) groups is 1. The summed E-state index contributed by atoms with van der Waals surface area (Å²) >= 11 is 0. The highest BCUT2D eigenvalue weighted by Crippen LogP contribution is 2.30. The highest BCUT2D eigenvalue weighted by molar-refractivity contribution is 5.99. The van der Waals surface area contributed by atoms with Gasteiger partial charge in [-0.2, -0.15) is 0 Å².